The number of rotatable bonds is 8. The molecule has 0 unspecified atom stereocenters. The van der Waals surface area contributed by atoms with Crippen molar-refractivity contribution in [2.24, 2.45) is 0 Å². The maximum absolute atomic E-state index is 13.2. The average molecular weight is 771 g/mol. The van der Waals surface area contributed by atoms with E-state index in [2.05, 4.69) is 21.3 Å². The molecular formula is C36H26N4O12S2. The molecule has 0 saturated heterocycles. The highest BCUT2D eigenvalue weighted by atomic mass is 32.2. The van der Waals surface area contributed by atoms with Gasteiger partial charge in [-0.1, -0.05) is 60.7 Å². The van der Waals surface area contributed by atoms with Crippen LogP contribution in [0.5, 0.6) is 11.5 Å². The van der Waals surface area contributed by atoms with Crippen molar-refractivity contribution in [2.75, 3.05) is 21.3 Å². The zero-order valence-electron chi connectivity index (χ0n) is 27.3. The monoisotopic (exact) mass is 770 g/mol. The summed E-state index contributed by atoms with van der Waals surface area (Å²) < 4.78 is 66.7. The van der Waals surface area contributed by atoms with E-state index >= 15 is 0 Å². The minimum atomic E-state index is -4.87. The Morgan fingerprint density at radius 1 is 0.444 bits per heavy atom. The fourth-order valence-corrected chi connectivity index (χ4v) is 6.75. The van der Waals surface area contributed by atoms with Crippen LogP contribution >= 0.6 is 0 Å². The Bertz CT molecular complexity index is 2600. The number of hydrogen-bond donors (Lipinski definition) is 8. The third-order valence-electron chi connectivity index (χ3n) is 7.99. The first-order valence-corrected chi connectivity index (χ1v) is 18.3. The molecule has 16 nitrogen and oxygen atoms in total. The highest BCUT2D eigenvalue weighted by molar-refractivity contribution is 7.86. The van der Waals surface area contributed by atoms with E-state index in [-0.39, 0.29) is 55.4 Å². The van der Waals surface area contributed by atoms with Gasteiger partial charge in [0.05, 0.1) is 11.4 Å². The molecule has 0 bridgehead atoms. The lowest BCUT2D eigenvalue weighted by molar-refractivity contribution is -0.132. The number of amides is 4. The minimum Gasteiger partial charge on any atom is -0.506 e. The van der Waals surface area contributed by atoms with Gasteiger partial charge in [-0.25, -0.2) is 0 Å². The predicted octanol–water partition coefficient (Wildman–Crippen LogP) is 4.98. The van der Waals surface area contributed by atoms with E-state index in [1.807, 2.05) is 0 Å². The molecule has 0 aliphatic rings. The summed E-state index contributed by atoms with van der Waals surface area (Å²) in [6, 6.07) is 24.6. The number of carbonyl (C=O) groups is 4. The molecule has 18 heteroatoms. The molecule has 0 fully saturated rings. The van der Waals surface area contributed by atoms with Crippen molar-refractivity contribution in [3.8, 4) is 11.5 Å². The first-order chi connectivity index (χ1) is 25.5. The van der Waals surface area contributed by atoms with E-state index in [9.17, 15) is 55.3 Å². The number of hydrogen-bond acceptors (Lipinski definition) is 10. The Kier molecular flexibility index (Phi) is 9.76. The van der Waals surface area contributed by atoms with Gasteiger partial charge in [0.25, 0.3) is 32.1 Å². The van der Waals surface area contributed by atoms with E-state index in [1.54, 1.807) is 12.1 Å². The van der Waals surface area contributed by atoms with Gasteiger partial charge in [-0.2, -0.15) is 16.8 Å². The van der Waals surface area contributed by atoms with Crippen molar-refractivity contribution < 1.29 is 55.3 Å². The molecule has 6 aromatic carbocycles. The number of anilines is 4. The summed E-state index contributed by atoms with van der Waals surface area (Å²) in [6.45, 7) is 0. The van der Waals surface area contributed by atoms with Gasteiger partial charge in [-0.3, -0.25) is 28.3 Å². The van der Waals surface area contributed by atoms with Gasteiger partial charge in [0.1, 0.15) is 21.3 Å². The van der Waals surface area contributed by atoms with Crippen LogP contribution in [0.3, 0.4) is 0 Å². The molecule has 6 aromatic rings. The Morgan fingerprint density at radius 3 is 1.15 bits per heavy atom. The fraction of sp³-hybridized carbons (Fsp3) is 0. The molecule has 0 atom stereocenters. The molecule has 4 amide bonds. The van der Waals surface area contributed by atoms with Crippen molar-refractivity contribution in [3.05, 3.63) is 120 Å². The average Bonchev–Trinajstić information content (AvgIpc) is 3.13. The predicted molar refractivity (Wildman–Crippen MR) is 197 cm³/mol. The minimum absolute atomic E-state index is 0.0236. The van der Waals surface area contributed by atoms with Crippen LogP contribution in [-0.4, -0.2) is 59.8 Å². The quantitative estimate of drug-likeness (QED) is 0.0579. The molecule has 8 N–H and O–H groups in total. The van der Waals surface area contributed by atoms with Crippen molar-refractivity contribution in [2.45, 2.75) is 9.79 Å². The summed E-state index contributed by atoms with van der Waals surface area (Å²) in [5, 5.41) is 31.2. The van der Waals surface area contributed by atoms with Crippen molar-refractivity contribution in [3.63, 3.8) is 0 Å². The van der Waals surface area contributed by atoms with E-state index in [4.69, 9.17) is 0 Å². The maximum atomic E-state index is 13.2. The standard InChI is InChI=1S/C36H26N4O12S2/c41-31-25-13-3-1-11-23(25)27(17-29(31)53(47,48)49)39-33(43)19-7-5-9-21(15-19)37-35(45)36(46)38-22-10-6-8-20(16-22)34(44)40-28-18-30(54(50,51)52)32(42)26-14-4-2-12-24(26)28/h1-18,41-42H,(H,37,45)(H,38,46)(H,39,43)(H,40,44)(H,47,48,49)(H,50,51,52). The number of aromatic hydroxyl groups is 2. The number of nitrogens with one attached hydrogen (secondary N) is 4. The summed E-state index contributed by atoms with van der Waals surface area (Å²) in [5.74, 6) is -5.25. The fourth-order valence-electron chi connectivity index (χ4n) is 5.51. The highest BCUT2D eigenvalue weighted by Gasteiger charge is 2.24. The van der Waals surface area contributed by atoms with Crippen LogP contribution in [0.15, 0.2) is 119 Å². The lowest BCUT2D eigenvalue weighted by Gasteiger charge is -2.14. The topological polar surface area (TPSA) is 266 Å². The van der Waals surface area contributed by atoms with Crippen LogP contribution in [0.4, 0.5) is 22.7 Å². The van der Waals surface area contributed by atoms with Crippen LogP contribution in [-0.2, 0) is 29.8 Å². The van der Waals surface area contributed by atoms with Gasteiger partial charge >= 0.3 is 11.8 Å². The SMILES string of the molecule is O=C(Nc1cccc(C(=O)Nc2cc(S(=O)(=O)O)c(O)c3ccccc23)c1)C(=O)Nc1cccc(C(=O)Nc2cc(S(=O)(=O)O)c(O)c3ccccc23)c1. The summed E-state index contributed by atoms with van der Waals surface area (Å²) in [5.41, 5.74) is -0.105. The van der Waals surface area contributed by atoms with Crippen LogP contribution in [0.25, 0.3) is 21.5 Å². The van der Waals surface area contributed by atoms with Gasteiger partial charge in [0.2, 0.25) is 0 Å². The van der Waals surface area contributed by atoms with Gasteiger partial charge in [-0.15, -0.1) is 0 Å². The molecule has 0 aliphatic heterocycles. The van der Waals surface area contributed by atoms with Gasteiger partial charge in [-0.05, 0) is 48.5 Å². The lowest BCUT2D eigenvalue weighted by atomic mass is 10.1. The first kappa shape index (κ1) is 36.9. The number of fused-ring (bicyclic) bond motifs is 2. The first-order valence-electron chi connectivity index (χ1n) is 15.4. The third-order valence-corrected chi connectivity index (χ3v) is 9.72. The Hall–Kier alpha value is -6.86. The van der Waals surface area contributed by atoms with Crippen LogP contribution in [0, 0.1) is 0 Å². The van der Waals surface area contributed by atoms with Crippen molar-refractivity contribution in [1.29, 1.82) is 0 Å². The molecule has 6 rings (SSSR count). The summed E-state index contributed by atoms with van der Waals surface area (Å²) >= 11 is 0. The molecule has 0 spiro atoms. The van der Waals surface area contributed by atoms with Crippen molar-refractivity contribution in [1.82, 2.24) is 0 Å². The van der Waals surface area contributed by atoms with Gasteiger partial charge in [0, 0.05) is 44.0 Å². The second-order valence-electron chi connectivity index (χ2n) is 11.6. The lowest BCUT2D eigenvalue weighted by Crippen LogP contribution is -2.29. The molecule has 0 heterocycles. The van der Waals surface area contributed by atoms with E-state index < -0.39 is 65.2 Å². The molecule has 274 valence electrons. The van der Waals surface area contributed by atoms with Gasteiger partial charge in [0.15, 0.2) is 0 Å². The van der Waals surface area contributed by atoms with Crippen LogP contribution < -0.4 is 21.3 Å². The molecule has 0 aliphatic carbocycles. The van der Waals surface area contributed by atoms with E-state index in [0.29, 0.717) is 0 Å². The molecule has 54 heavy (non-hydrogen) atoms. The zero-order chi connectivity index (χ0) is 38.9. The second-order valence-corrected chi connectivity index (χ2v) is 14.3. The Morgan fingerprint density at radius 2 is 0.796 bits per heavy atom. The van der Waals surface area contributed by atoms with Crippen LogP contribution in [0.2, 0.25) is 0 Å². The van der Waals surface area contributed by atoms with Crippen LogP contribution in [0.1, 0.15) is 20.7 Å². The largest absolute Gasteiger partial charge is 0.506 e. The van der Waals surface area contributed by atoms with Gasteiger partial charge < -0.3 is 31.5 Å². The maximum Gasteiger partial charge on any atom is 0.314 e. The Labute approximate surface area is 305 Å². The zero-order valence-corrected chi connectivity index (χ0v) is 28.9. The van der Waals surface area contributed by atoms with E-state index in [0.717, 1.165) is 12.1 Å². The normalized spacial score (nSPS) is 11.5. The highest BCUT2D eigenvalue weighted by Crippen LogP contribution is 2.38. The number of carbonyl (C=O) groups excluding carboxylic acids is 4. The number of phenolic OH excluding ortho intramolecular Hbond substituents is 2. The molecule has 0 saturated carbocycles. The smallest absolute Gasteiger partial charge is 0.314 e. The molecular weight excluding hydrogens is 745 g/mol. The summed E-state index contributed by atoms with van der Waals surface area (Å²) in [6.07, 6.45) is 0. The Balaban J connectivity index is 1.15. The number of phenols is 2. The van der Waals surface area contributed by atoms with E-state index in [1.165, 1.54) is 84.9 Å². The van der Waals surface area contributed by atoms with Crippen molar-refractivity contribution >= 4 is 88.2 Å². The second kappa shape index (κ2) is 14.3. The summed E-state index contributed by atoms with van der Waals surface area (Å²) in [4.78, 5) is 50.4. The number of benzene rings is 6. The molecule has 0 radical (unpaired) electrons. The molecule has 0 aromatic heterocycles. The summed E-state index contributed by atoms with van der Waals surface area (Å²) in [7, 11) is -9.75. The third kappa shape index (κ3) is 7.66.